The Hall–Kier alpha value is -2.00. The van der Waals surface area contributed by atoms with E-state index in [9.17, 15) is 4.79 Å². The van der Waals surface area contributed by atoms with Crippen molar-refractivity contribution in [3.63, 3.8) is 0 Å². The molecular formula is C20H24ClNO2. The number of ether oxygens (including phenoxy) is 1. The molecule has 0 aromatic heterocycles. The Kier molecular flexibility index (Phi) is 7.13. The first-order chi connectivity index (χ1) is 11.6. The molecule has 0 aliphatic carbocycles. The van der Waals surface area contributed by atoms with Gasteiger partial charge in [0, 0.05) is 18.0 Å². The second kappa shape index (κ2) is 9.33. The standard InChI is InChI=1S/C20H24ClNO2/c1-15-13-18(14-16(2)20(15)21)24-12-6-9-19(23)22-11-10-17-7-4-3-5-8-17/h3-5,7-8,13-14H,6,9-12H2,1-2H3,(H,22,23). The summed E-state index contributed by atoms with van der Waals surface area (Å²) >= 11 is 6.14. The smallest absolute Gasteiger partial charge is 0.220 e. The van der Waals surface area contributed by atoms with Crippen LogP contribution in [0, 0.1) is 13.8 Å². The highest BCUT2D eigenvalue weighted by Crippen LogP contribution is 2.25. The highest BCUT2D eigenvalue weighted by molar-refractivity contribution is 6.32. The second-order valence-electron chi connectivity index (χ2n) is 5.91. The van der Waals surface area contributed by atoms with Crippen molar-refractivity contribution in [2.75, 3.05) is 13.2 Å². The van der Waals surface area contributed by atoms with Gasteiger partial charge < -0.3 is 10.1 Å². The van der Waals surface area contributed by atoms with Gasteiger partial charge in [0.2, 0.25) is 5.91 Å². The van der Waals surface area contributed by atoms with Crippen LogP contribution in [0.2, 0.25) is 5.02 Å². The summed E-state index contributed by atoms with van der Waals surface area (Å²) in [5.74, 6) is 0.872. The summed E-state index contributed by atoms with van der Waals surface area (Å²) in [6.07, 6.45) is 2.02. The molecule has 2 rings (SSSR count). The lowest BCUT2D eigenvalue weighted by Crippen LogP contribution is -2.25. The Morgan fingerprint density at radius 2 is 1.79 bits per heavy atom. The Bertz CT molecular complexity index is 648. The zero-order chi connectivity index (χ0) is 17.4. The van der Waals surface area contributed by atoms with E-state index < -0.39 is 0 Å². The number of carbonyl (C=O) groups is 1. The van der Waals surface area contributed by atoms with Crippen LogP contribution in [0.3, 0.4) is 0 Å². The van der Waals surface area contributed by atoms with Crippen LogP contribution in [0.1, 0.15) is 29.5 Å². The molecule has 0 radical (unpaired) electrons. The zero-order valence-corrected chi connectivity index (χ0v) is 15.0. The summed E-state index contributed by atoms with van der Waals surface area (Å²) < 4.78 is 5.71. The van der Waals surface area contributed by atoms with Crippen molar-refractivity contribution in [1.82, 2.24) is 5.32 Å². The quantitative estimate of drug-likeness (QED) is 0.716. The molecule has 4 heteroatoms. The summed E-state index contributed by atoms with van der Waals surface area (Å²) in [6.45, 7) is 5.11. The first-order valence-corrected chi connectivity index (χ1v) is 8.64. The Balaban J connectivity index is 1.62. The van der Waals surface area contributed by atoms with Gasteiger partial charge in [-0.2, -0.15) is 0 Å². The number of nitrogens with one attached hydrogen (secondary N) is 1. The Morgan fingerprint density at radius 3 is 2.46 bits per heavy atom. The number of halogens is 1. The van der Waals surface area contributed by atoms with Gasteiger partial charge in [-0.15, -0.1) is 0 Å². The second-order valence-corrected chi connectivity index (χ2v) is 6.29. The van der Waals surface area contributed by atoms with Crippen molar-refractivity contribution in [3.05, 3.63) is 64.2 Å². The zero-order valence-electron chi connectivity index (χ0n) is 14.3. The number of benzene rings is 2. The van der Waals surface area contributed by atoms with E-state index in [0.29, 0.717) is 26.0 Å². The Morgan fingerprint density at radius 1 is 1.12 bits per heavy atom. The van der Waals surface area contributed by atoms with Crippen LogP contribution in [0.5, 0.6) is 5.75 Å². The molecule has 0 spiro atoms. The van der Waals surface area contributed by atoms with Gasteiger partial charge in [-0.25, -0.2) is 0 Å². The van der Waals surface area contributed by atoms with Crippen molar-refractivity contribution in [1.29, 1.82) is 0 Å². The number of aryl methyl sites for hydroxylation is 2. The highest BCUT2D eigenvalue weighted by atomic mass is 35.5. The van der Waals surface area contributed by atoms with Crippen LogP contribution in [0.25, 0.3) is 0 Å². The summed E-state index contributed by atoms with van der Waals surface area (Å²) in [7, 11) is 0. The molecule has 1 amide bonds. The lowest BCUT2D eigenvalue weighted by molar-refractivity contribution is -0.121. The van der Waals surface area contributed by atoms with Crippen molar-refractivity contribution < 1.29 is 9.53 Å². The van der Waals surface area contributed by atoms with Crippen LogP contribution in [0.15, 0.2) is 42.5 Å². The SMILES string of the molecule is Cc1cc(OCCCC(=O)NCCc2ccccc2)cc(C)c1Cl. The topological polar surface area (TPSA) is 38.3 Å². The molecular weight excluding hydrogens is 322 g/mol. The minimum Gasteiger partial charge on any atom is -0.494 e. The number of hydrogen-bond donors (Lipinski definition) is 1. The third-order valence-corrected chi connectivity index (χ3v) is 4.40. The average molecular weight is 346 g/mol. The normalized spacial score (nSPS) is 10.5. The van der Waals surface area contributed by atoms with Crippen LogP contribution in [-0.2, 0) is 11.2 Å². The summed E-state index contributed by atoms with van der Waals surface area (Å²) in [5, 5.41) is 3.72. The van der Waals surface area contributed by atoms with E-state index in [1.165, 1.54) is 5.56 Å². The van der Waals surface area contributed by atoms with E-state index in [4.69, 9.17) is 16.3 Å². The number of rotatable bonds is 8. The molecule has 0 fully saturated rings. The maximum atomic E-state index is 11.8. The van der Waals surface area contributed by atoms with E-state index in [1.54, 1.807) is 0 Å². The molecule has 24 heavy (non-hydrogen) atoms. The third-order valence-electron chi connectivity index (χ3n) is 3.81. The van der Waals surface area contributed by atoms with E-state index in [2.05, 4.69) is 17.4 Å². The van der Waals surface area contributed by atoms with Gasteiger partial charge in [-0.3, -0.25) is 4.79 Å². The van der Waals surface area contributed by atoms with E-state index in [1.807, 2.05) is 44.2 Å². The van der Waals surface area contributed by atoms with Gasteiger partial charge in [0.25, 0.3) is 0 Å². The maximum absolute atomic E-state index is 11.8. The molecule has 0 aliphatic rings. The van der Waals surface area contributed by atoms with Gasteiger partial charge >= 0.3 is 0 Å². The van der Waals surface area contributed by atoms with Crippen LogP contribution in [-0.4, -0.2) is 19.1 Å². The van der Waals surface area contributed by atoms with Crippen LogP contribution in [0.4, 0.5) is 0 Å². The van der Waals surface area contributed by atoms with Crippen molar-refractivity contribution in [2.24, 2.45) is 0 Å². The molecule has 2 aromatic rings. The molecule has 1 N–H and O–H groups in total. The monoisotopic (exact) mass is 345 g/mol. The first-order valence-electron chi connectivity index (χ1n) is 8.26. The molecule has 128 valence electrons. The lowest BCUT2D eigenvalue weighted by atomic mass is 10.1. The molecule has 0 heterocycles. The molecule has 0 bridgehead atoms. The summed E-state index contributed by atoms with van der Waals surface area (Å²) in [4.78, 5) is 11.8. The van der Waals surface area contributed by atoms with Gasteiger partial charge in [0.15, 0.2) is 0 Å². The fraction of sp³-hybridized carbons (Fsp3) is 0.350. The fourth-order valence-electron chi connectivity index (χ4n) is 2.49. The fourth-order valence-corrected chi connectivity index (χ4v) is 2.60. The van der Waals surface area contributed by atoms with E-state index in [0.717, 1.165) is 28.3 Å². The summed E-state index contributed by atoms with van der Waals surface area (Å²) in [5.41, 5.74) is 3.24. The number of hydrogen-bond acceptors (Lipinski definition) is 2. The molecule has 0 aliphatic heterocycles. The Labute approximate surface area is 149 Å². The predicted octanol–water partition coefficient (Wildman–Crippen LogP) is 4.47. The molecule has 3 nitrogen and oxygen atoms in total. The highest BCUT2D eigenvalue weighted by Gasteiger charge is 2.05. The molecule has 0 atom stereocenters. The lowest BCUT2D eigenvalue weighted by Gasteiger charge is -2.10. The number of carbonyl (C=O) groups excluding carboxylic acids is 1. The minimum absolute atomic E-state index is 0.0676. The molecule has 0 unspecified atom stereocenters. The van der Waals surface area contributed by atoms with E-state index >= 15 is 0 Å². The minimum atomic E-state index is 0.0676. The van der Waals surface area contributed by atoms with Gasteiger partial charge in [0.05, 0.1) is 6.61 Å². The van der Waals surface area contributed by atoms with Gasteiger partial charge in [-0.05, 0) is 55.5 Å². The van der Waals surface area contributed by atoms with Crippen molar-refractivity contribution in [2.45, 2.75) is 33.1 Å². The van der Waals surface area contributed by atoms with Gasteiger partial charge in [-0.1, -0.05) is 41.9 Å². The van der Waals surface area contributed by atoms with Crippen molar-refractivity contribution >= 4 is 17.5 Å². The van der Waals surface area contributed by atoms with Gasteiger partial charge in [0.1, 0.15) is 5.75 Å². The molecule has 0 saturated carbocycles. The maximum Gasteiger partial charge on any atom is 0.220 e. The molecule has 2 aromatic carbocycles. The molecule has 0 saturated heterocycles. The van der Waals surface area contributed by atoms with Crippen LogP contribution >= 0.6 is 11.6 Å². The summed E-state index contributed by atoms with van der Waals surface area (Å²) in [6, 6.07) is 14.0. The third kappa shape index (κ3) is 5.89. The van der Waals surface area contributed by atoms with E-state index in [-0.39, 0.29) is 5.91 Å². The first kappa shape index (κ1) is 18.3. The number of amides is 1. The average Bonchev–Trinajstić information content (AvgIpc) is 2.57. The predicted molar refractivity (Wildman–Crippen MR) is 98.8 cm³/mol. The van der Waals surface area contributed by atoms with Crippen LogP contribution < -0.4 is 10.1 Å². The largest absolute Gasteiger partial charge is 0.494 e. The van der Waals surface area contributed by atoms with Crippen molar-refractivity contribution in [3.8, 4) is 5.75 Å².